The molecular weight excluding hydrogens is 244 g/mol. The molecule has 0 spiro atoms. The van der Waals surface area contributed by atoms with Crippen LogP contribution in [0.3, 0.4) is 0 Å². The molecule has 0 radical (unpaired) electrons. The van der Waals surface area contributed by atoms with Gasteiger partial charge in [0.2, 0.25) is 0 Å². The van der Waals surface area contributed by atoms with Crippen LogP contribution in [0.15, 0.2) is 22.7 Å². The molecule has 0 aliphatic carbocycles. The average molecular weight is 259 g/mol. The smallest absolute Gasteiger partial charge is 0.126 e. The molecule has 0 heterocycles. The normalized spacial score (nSPS) is 12.6. The van der Waals surface area contributed by atoms with Gasteiger partial charge in [-0.25, -0.2) is 0 Å². The highest BCUT2D eigenvalue weighted by Crippen LogP contribution is 2.28. The zero-order chi connectivity index (χ0) is 10.6. The van der Waals surface area contributed by atoms with Crippen molar-refractivity contribution in [1.29, 1.82) is 0 Å². The first-order valence-corrected chi connectivity index (χ1v) is 5.54. The Morgan fingerprint density at radius 3 is 2.79 bits per heavy atom. The minimum atomic E-state index is -0.491. The number of aliphatic hydroxyl groups excluding tert-OH is 1. The lowest BCUT2D eigenvalue weighted by atomic mass is 10.1. The van der Waals surface area contributed by atoms with E-state index in [0.29, 0.717) is 6.61 Å². The van der Waals surface area contributed by atoms with Crippen molar-refractivity contribution in [2.24, 2.45) is 0 Å². The predicted molar refractivity (Wildman–Crippen MR) is 60.6 cm³/mol. The fraction of sp³-hybridized carbons (Fsp3) is 0.455. The minimum absolute atomic E-state index is 0.491. The van der Waals surface area contributed by atoms with Gasteiger partial charge in [0.1, 0.15) is 5.75 Å². The highest BCUT2D eigenvalue weighted by molar-refractivity contribution is 9.10. The number of halogens is 1. The summed E-state index contributed by atoms with van der Waals surface area (Å²) in [5, 5.41) is 9.50. The maximum Gasteiger partial charge on any atom is 0.126 e. The van der Waals surface area contributed by atoms with Crippen molar-refractivity contribution in [2.75, 3.05) is 6.61 Å². The van der Waals surface area contributed by atoms with Crippen molar-refractivity contribution in [1.82, 2.24) is 0 Å². The topological polar surface area (TPSA) is 29.5 Å². The summed E-state index contributed by atoms with van der Waals surface area (Å²) in [5.41, 5.74) is 0.835. The molecule has 2 nitrogen and oxygen atoms in total. The summed E-state index contributed by atoms with van der Waals surface area (Å²) < 4.78 is 6.50. The number of aliphatic hydroxyl groups is 1. The van der Waals surface area contributed by atoms with Crippen LogP contribution in [0.4, 0.5) is 0 Å². The molecule has 1 aromatic carbocycles. The number of hydrogen-bond acceptors (Lipinski definition) is 2. The van der Waals surface area contributed by atoms with Gasteiger partial charge < -0.3 is 9.84 Å². The van der Waals surface area contributed by atoms with Gasteiger partial charge in [0.25, 0.3) is 0 Å². The fourth-order valence-corrected chi connectivity index (χ4v) is 1.53. The molecule has 0 bridgehead atoms. The molecule has 1 N–H and O–H groups in total. The van der Waals surface area contributed by atoms with Crippen molar-refractivity contribution in [2.45, 2.75) is 26.4 Å². The molecule has 14 heavy (non-hydrogen) atoms. The van der Waals surface area contributed by atoms with Crippen LogP contribution in [-0.2, 0) is 0 Å². The third kappa shape index (κ3) is 3.00. The van der Waals surface area contributed by atoms with E-state index >= 15 is 0 Å². The van der Waals surface area contributed by atoms with Gasteiger partial charge in [-0.1, -0.05) is 28.9 Å². The number of rotatable bonds is 4. The molecule has 3 heteroatoms. The van der Waals surface area contributed by atoms with Gasteiger partial charge in [-0.3, -0.25) is 0 Å². The molecule has 0 saturated heterocycles. The Morgan fingerprint density at radius 2 is 2.21 bits per heavy atom. The lowest BCUT2D eigenvalue weighted by Crippen LogP contribution is -2.01. The van der Waals surface area contributed by atoms with E-state index in [-0.39, 0.29) is 0 Å². The van der Waals surface area contributed by atoms with E-state index in [2.05, 4.69) is 22.9 Å². The first kappa shape index (κ1) is 11.5. The highest BCUT2D eigenvalue weighted by Gasteiger charge is 2.08. The maximum absolute atomic E-state index is 9.50. The first-order valence-electron chi connectivity index (χ1n) is 4.75. The molecule has 0 aromatic heterocycles. The Balaban J connectivity index is 2.91. The molecule has 0 amide bonds. The number of benzene rings is 1. The molecule has 1 atom stereocenters. The summed E-state index contributed by atoms with van der Waals surface area (Å²) in [4.78, 5) is 0. The average Bonchev–Trinajstić information content (AvgIpc) is 2.14. The van der Waals surface area contributed by atoms with Crippen LogP contribution in [0.2, 0.25) is 0 Å². The Hall–Kier alpha value is -0.540. The van der Waals surface area contributed by atoms with E-state index in [0.717, 1.165) is 22.2 Å². The van der Waals surface area contributed by atoms with E-state index in [1.807, 2.05) is 18.2 Å². The van der Waals surface area contributed by atoms with Crippen LogP contribution in [0.5, 0.6) is 5.75 Å². The van der Waals surface area contributed by atoms with Gasteiger partial charge in [0, 0.05) is 10.0 Å². The van der Waals surface area contributed by atoms with Crippen molar-refractivity contribution in [3.63, 3.8) is 0 Å². The van der Waals surface area contributed by atoms with E-state index in [4.69, 9.17) is 4.74 Å². The highest BCUT2D eigenvalue weighted by atomic mass is 79.9. The predicted octanol–water partition coefficient (Wildman–Crippen LogP) is 3.29. The van der Waals surface area contributed by atoms with Gasteiger partial charge in [0.05, 0.1) is 12.7 Å². The van der Waals surface area contributed by atoms with E-state index in [1.54, 1.807) is 6.92 Å². The molecule has 1 rings (SSSR count). The Labute approximate surface area is 93.0 Å². The first-order chi connectivity index (χ1) is 6.65. The third-order valence-electron chi connectivity index (χ3n) is 1.89. The van der Waals surface area contributed by atoms with Crippen LogP contribution < -0.4 is 4.74 Å². The summed E-state index contributed by atoms with van der Waals surface area (Å²) >= 11 is 3.38. The van der Waals surface area contributed by atoms with Crippen LogP contribution >= 0.6 is 15.9 Å². The van der Waals surface area contributed by atoms with Crippen molar-refractivity contribution in [3.05, 3.63) is 28.2 Å². The quantitative estimate of drug-likeness (QED) is 0.899. The van der Waals surface area contributed by atoms with Crippen molar-refractivity contribution in [3.8, 4) is 5.75 Å². The van der Waals surface area contributed by atoms with Gasteiger partial charge >= 0.3 is 0 Å². The lowest BCUT2D eigenvalue weighted by molar-refractivity contribution is 0.191. The van der Waals surface area contributed by atoms with Crippen molar-refractivity contribution < 1.29 is 9.84 Å². The molecular formula is C11H15BrO2. The molecule has 1 aromatic rings. The van der Waals surface area contributed by atoms with Crippen LogP contribution in [-0.4, -0.2) is 11.7 Å². The van der Waals surface area contributed by atoms with Crippen molar-refractivity contribution >= 4 is 15.9 Å². The molecule has 0 saturated carbocycles. The second-order valence-electron chi connectivity index (χ2n) is 3.21. The van der Waals surface area contributed by atoms with Gasteiger partial charge in [-0.2, -0.15) is 0 Å². The van der Waals surface area contributed by atoms with E-state index in [1.165, 1.54) is 0 Å². The van der Waals surface area contributed by atoms with Gasteiger partial charge in [-0.15, -0.1) is 0 Å². The summed E-state index contributed by atoms with van der Waals surface area (Å²) in [7, 11) is 0. The largest absolute Gasteiger partial charge is 0.493 e. The van der Waals surface area contributed by atoms with Crippen LogP contribution in [0.25, 0.3) is 0 Å². The standard InChI is InChI=1S/C11H15BrO2/c1-3-6-14-11-7-9(12)4-5-10(11)8(2)13/h4-5,7-8,13H,3,6H2,1-2H3/t8-/m1/s1. The fourth-order valence-electron chi connectivity index (χ4n) is 1.19. The maximum atomic E-state index is 9.50. The van der Waals surface area contributed by atoms with Crippen LogP contribution in [0.1, 0.15) is 31.9 Å². The summed E-state index contributed by atoms with van der Waals surface area (Å²) in [6.45, 7) is 4.47. The summed E-state index contributed by atoms with van der Waals surface area (Å²) in [5.74, 6) is 0.760. The number of hydrogen-bond donors (Lipinski definition) is 1. The Bertz CT molecular complexity index is 297. The van der Waals surface area contributed by atoms with E-state index < -0.39 is 6.10 Å². The zero-order valence-electron chi connectivity index (χ0n) is 8.46. The minimum Gasteiger partial charge on any atom is -0.493 e. The molecule has 0 unspecified atom stereocenters. The second-order valence-corrected chi connectivity index (χ2v) is 4.12. The van der Waals surface area contributed by atoms with Gasteiger partial charge in [-0.05, 0) is 25.5 Å². The zero-order valence-corrected chi connectivity index (χ0v) is 10.0. The van der Waals surface area contributed by atoms with Crippen LogP contribution in [0, 0.1) is 0 Å². The molecule has 0 aliphatic rings. The lowest BCUT2D eigenvalue weighted by Gasteiger charge is -2.13. The molecule has 78 valence electrons. The molecule has 0 fully saturated rings. The van der Waals surface area contributed by atoms with E-state index in [9.17, 15) is 5.11 Å². The van der Waals surface area contributed by atoms with Gasteiger partial charge in [0.15, 0.2) is 0 Å². The summed E-state index contributed by atoms with van der Waals surface area (Å²) in [6.07, 6.45) is 0.473. The third-order valence-corrected chi connectivity index (χ3v) is 2.38. The number of ether oxygens (including phenoxy) is 1. The Kier molecular flexibility index (Phi) is 4.42. The Morgan fingerprint density at radius 1 is 1.50 bits per heavy atom. The SMILES string of the molecule is CCCOc1cc(Br)ccc1[C@@H](C)O. The second kappa shape index (κ2) is 5.37. The summed E-state index contributed by atoms with van der Waals surface area (Å²) in [6, 6.07) is 5.66. The molecule has 0 aliphatic heterocycles. The monoisotopic (exact) mass is 258 g/mol.